The van der Waals surface area contributed by atoms with Gasteiger partial charge in [-0.15, -0.1) is 0 Å². The minimum Gasteiger partial charge on any atom is -0.375 e. The van der Waals surface area contributed by atoms with Gasteiger partial charge in [0.05, 0.1) is 0 Å². The number of allylic oxidation sites excluding steroid dienone is 3. The molecule has 1 atom stereocenters. The van der Waals surface area contributed by atoms with Crippen molar-refractivity contribution in [3.8, 4) is 0 Å². The molecule has 80 valence electrons. The van der Waals surface area contributed by atoms with Crippen molar-refractivity contribution in [1.82, 2.24) is 4.90 Å². The van der Waals surface area contributed by atoms with Crippen LogP contribution in [0, 0.1) is 5.92 Å². The van der Waals surface area contributed by atoms with Crippen LogP contribution in [-0.4, -0.2) is 18.5 Å². The van der Waals surface area contributed by atoms with Gasteiger partial charge in [0, 0.05) is 19.3 Å². The van der Waals surface area contributed by atoms with Crippen molar-refractivity contribution in [2.75, 3.05) is 13.6 Å². The van der Waals surface area contributed by atoms with Crippen molar-refractivity contribution < 1.29 is 0 Å². The van der Waals surface area contributed by atoms with Crippen LogP contribution in [0.4, 0.5) is 0 Å². The van der Waals surface area contributed by atoms with E-state index in [1.165, 1.54) is 12.8 Å². The van der Waals surface area contributed by atoms with Gasteiger partial charge in [0.2, 0.25) is 0 Å². The molecule has 1 nitrogen and oxygen atoms in total. The van der Waals surface area contributed by atoms with Crippen LogP contribution in [0.2, 0.25) is 0 Å². The smallest absolute Gasteiger partial charge is 0.0290 e. The van der Waals surface area contributed by atoms with Crippen molar-refractivity contribution >= 4 is 0 Å². The molecule has 0 aliphatic carbocycles. The molecule has 0 heterocycles. The van der Waals surface area contributed by atoms with Gasteiger partial charge in [-0.25, -0.2) is 0 Å². The molecule has 0 amide bonds. The van der Waals surface area contributed by atoms with Crippen molar-refractivity contribution in [1.29, 1.82) is 0 Å². The van der Waals surface area contributed by atoms with E-state index in [0.717, 1.165) is 18.2 Å². The summed E-state index contributed by atoms with van der Waals surface area (Å²) in [6.07, 6.45) is 8.16. The van der Waals surface area contributed by atoms with Crippen LogP contribution in [-0.2, 0) is 0 Å². The van der Waals surface area contributed by atoms with E-state index in [-0.39, 0.29) is 0 Å². The molecule has 0 aromatic carbocycles. The molecule has 0 aromatic heterocycles. The van der Waals surface area contributed by atoms with Gasteiger partial charge in [-0.2, -0.15) is 0 Å². The first-order valence-corrected chi connectivity index (χ1v) is 5.31. The summed E-state index contributed by atoms with van der Waals surface area (Å²) in [6.45, 7) is 13.2. The first kappa shape index (κ1) is 13.0. The highest BCUT2D eigenvalue weighted by Gasteiger charge is 2.02. The Morgan fingerprint density at radius 1 is 1.50 bits per heavy atom. The second-order valence-corrected chi connectivity index (χ2v) is 3.81. The molecule has 0 bridgehead atoms. The largest absolute Gasteiger partial charge is 0.375 e. The lowest BCUT2D eigenvalue weighted by atomic mass is 10.1. The molecular weight excluding hydrogens is 170 g/mol. The lowest BCUT2D eigenvalue weighted by Crippen LogP contribution is -2.19. The molecule has 0 fully saturated rings. The van der Waals surface area contributed by atoms with E-state index < -0.39 is 0 Å². The van der Waals surface area contributed by atoms with Gasteiger partial charge in [-0.3, -0.25) is 0 Å². The monoisotopic (exact) mass is 193 g/mol. The highest BCUT2D eigenvalue weighted by atomic mass is 15.1. The molecule has 0 aromatic rings. The van der Waals surface area contributed by atoms with E-state index in [9.17, 15) is 0 Å². The normalized spacial score (nSPS) is 12.8. The summed E-state index contributed by atoms with van der Waals surface area (Å²) >= 11 is 0. The second kappa shape index (κ2) is 7.43. The van der Waals surface area contributed by atoms with E-state index in [1.807, 2.05) is 12.2 Å². The zero-order valence-electron chi connectivity index (χ0n) is 9.79. The molecule has 1 unspecified atom stereocenters. The summed E-state index contributed by atoms with van der Waals surface area (Å²) < 4.78 is 0. The van der Waals surface area contributed by atoms with Crippen molar-refractivity contribution in [2.45, 2.75) is 26.7 Å². The molecule has 0 spiro atoms. The van der Waals surface area contributed by atoms with E-state index in [2.05, 4.69) is 39.0 Å². The SMILES string of the molecule is C=C/C=C\C(=C)N(C)CCC(C)CC. The topological polar surface area (TPSA) is 3.24 Å². The maximum atomic E-state index is 3.99. The summed E-state index contributed by atoms with van der Waals surface area (Å²) in [5, 5.41) is 0. The summed E-state index contributed by atoms with van der Waals surface area (Å²) in [5.41, 5.74) is 1.05. The number of hydrogen-bond donors (Lipinski definition) is 0. The Kier molecular flexibility index (Phi) is 6.91. The predicted octanol–water partition coefficient (Wildman–Crippen LogP) is 3.61. The van der Waals surface area contributed by atoms with Crippen LogP contribution in [0.5, 0.6) is 0 Å². The first-order chi connectivity index (χ1) is 6.61. The second-order valence-electron chi connectivity index (χ2n) is 3.81. The standard InChI is InChI=1S/C13H23N/c1-6-8-9-13(4)14(5)11-10-12(3)7-2/h6,8-9,12H,1,4,7,10-11H2,2-3,5H3/b9-8-. The Morgan fingerprint density at radius 2 is 2.14 bits per heavy atom. The van der Waals surface area contributed by atoms with Crippen LogP contribution in [0.1, 0.15) is 26.7 Å². The Bertz CT molecular complexity index is 203. The fourth-order valence-electron chi connectivity index (χ4n) is 1.07. The highest BCUT2D eigenvalue weighted by molar-refractivity contribution is 5.16. The van der Waals surface area contributed by atoms with Gasteiger partial charge < -0.3 is 4.90 Å². The van der Waals surface area contributed by atoms with Crippen LogP contribution < -0.4 is 0 Å². The zero-order valence-corrected chi connectivity index (χ0v) is 9.79. The van der Waals surface area contributed by atoms with Gasteiger partial charge in [-0.1, -0.05) is 45.6 Å². The molecule has 0 radical (unpaired) electrons. The Balaban J connectivity index is 3.83. The highest BCUT2D eigenvalue weighted by Crippen LogP contribution is 2.09. The third kappa shape index (κ3) is 5.63. The molecule has 0 aliphatic heterocycles. The van der Waals surface area contributed by atoms with E-state index >= 15 is 0 Å². The molecule has 0 rings (SSSR count). The fraction of sp³-hybridized carbons (Fsp3) is 0.538. The minimum absolute atomic E-state index is 0.800. The molecular formula is C13H23N. The number of nitrogens with zero attached hydrogens (tertiary/aromatic N) is 1. The maximum Gasteiger partial charge on any atom is 0.0290 e. The van der Waals surface area contributed by atoms with Gasteiger partial charge in [-0.05, 0) is 18.4 Å². The van der Waals surface area contributed by atoms with E-state index in [1.54, 1.807) is 6.08 Å². The molecule has 0 aliphatic rings. The van der Waals surface area contributed by atoms with E-state index in [4.69, 9.17) is 0 Å². The zero-order chi connectivity index (χ0) is 11.0. The predicted molar refractivity (Wildman–Crippen MR) is 65.2 cm³/mol. The average molecular weight is 193 g/mol. The molecule has 1 heteroatoms. The lowest BCUT2D eigenvalue weighted by molar-refractivity contribution is 0.372. The van der Waals surface area contributed by atoms with Crippen LogP contribution in [0.15, 0.2) is 37.1 Å². The van der Waals surface area contributed by atoms with Crippen LogP contribution in [0.25, 0.3) is 0 Å². The average Bonchev–Trinajstić information content (AvgIpc) is 2.21. The minimum atomic E-state index is 0.800. The Morgan fingerprint density at radius 3 is 2.64 bits per heavy atom. The molecule has 0 saturated carbocycles. The van der Waals surface area contributed by atoms with Gasteiger partial charge >= 0.3 is 0 Å². The van der Waals surface area contributed by atoms with E-state index in [0.29, 0.717) is 0 Å². The third-order valence-electron chi connectivity index (χ3n) is 2.57. The summed E-state index contributed by atoms with van der Waals surface area (Å²) in [7, 11) is 2.08. The summed E-state index contributed by atoms with van der Waals surface area (Å²) in [5.74, 6) is 0.800. The van der Waals surface area contributed by atoms with Crippen LogP contribution >= 0.6 is 0 Å². The Labute approximate surface area is 88.8 Å². The third-order valence-corrected chi connectivity index (χ3v) is 2.57. The van der Waals surface area contributed by atoms with Gasteiger partial charge in [0.15, 0.2) is 0 Å². The molecule has 0 N–H and O–H groups in total. The molecule has 14 heavy (non-hydrogen) atoms. The van der Waals surface area contributed by atoms with Gasteiger partial charge in [0.25, 0.3) is 0 Å². The van der Waals surface area contributed by atoms with Gasteiger partial charge in [0.1, 0.15) is 0 Å². The Hall–Kier alpha value is -0.980. The lowest BCUT2D eigenvalue weighted by Gasteiger charge is -2.21. The van der Waals surface area contributed by atoms with Crippen LogP contribution in [0.3, 0.4) is 0 Å². The summed E-state index contributed by atoms with van der Waals surface area (Å²) in [4.78, 5) is 2.19. The molecule has 0 saturated heterocycles. The van der Waals surface area contributed by atoms with Crippen molar-refractivity contribution in [3.63, 3.8) is 0 Å². The number of rotatable bonds is 7. The summed E-state index contributed by atoms with van der Waals surface area (Å²) in [6, 6.07) is 0. The van der Waals surface area contributed by atoms with Crippen molar-refractivity contribution in [2.24, 2.45) is 5.92 Å². The van der Waals surface area contributed by atoms with Crippen molar-refractivity contribution in [3.05, 3.63) is 37.1 Å². The fourth-order valence-corrected chi connectivity index (χ4v) is 1.07. The number of likely N-dealkylation sites (N-methyl/N-ethyl adjacent to an activating group) is 1. The number of hydrogen-bond acceptors (Lipinski definition) is 1. The maximum absolute atomic E-state index is 3.99. The first-order valence-electron chi connectivity index (χ1n) is 5.31. The quantitative estimate of drug-likeness (QED) is 0.558.